The number of carbonyl (C=O) groups is 1. The summed E-state index contributed by atoms with van der Waals surface area (Å²) in [6.45, 7) is 6.80. The first-order chi connectivity index (χ1) is 8.94. The van der Waals surface area contributed by atoms with Crippen LogP contribution in [0.25, 0.3) is 11.0 Å². The van der Waals surface area contributed by atoms with Crippen molar-refractivity contribution in [3.8, 4) is 0 Å². The lowest BCUT2D eigenvalue weighted by Crippen LogP contribution is -2.29. The van der Waals surface area contributed by atoms with Gasteiger partial charge >= 0.3 is 0 Å². The zero-order valence-electron chi connectivity index (χ0n) is 11.8. The summed E-state index contributed by atoms with van der Waals surface area (Å²) >= 11 is 0. The van der Waals surface area contributed by atoms with Crippen molar-refractivity contribution in [1.82, 2.24) is 5.32 Å². The van der Waals surface area contributed by atoms with Gasteiger partial charge in [0.25, 0.3) is 0 Å². The summed E-state index contributed by atoms with van der Waals surface area (Å²) in [5, 5.41) is 4.04. The first-order valence-electron chi connectivity index (χ1n) is 6.68. The van der Waals surface area contributed by atoms with Gasteiger partial charge in [-0.25, -0.2) is 0 Å². The first-order valence-corrected chi connectivity index (χ1v) is 6.68. The highest BCUT2D eigenvalue weighted by atomic mass is 16.3. The minimum absolute atomic E-state index is 0.0312. The Labute approximate surface area is 114 Å². The van der Waals surface area contributed by atoms with Crippen LogP contribution in [0.1, 0.15) is 33.0 Å². The molecule has 102 valence electrons. The molecule has 0 aliphatic heterocycles. The molecule has 1 amide bonds. The summed E-state index contributed by atoms with van der Waals surface area (Å²) in [6, 6.07) is 9.97. The molecule has 19 heavy (non-hydrogen) atoms. The summed E-state index contributed by atoms with van der Waals surface area (Å²) in [6.07, 6.45) is 1.28. The lowest BCUT2D eigenvalue weighted by Gasteiger charge is -2.16. The highest BCUT2D eigenvalue weighted by Crippen LogP contribution is 2.19. The van der Waals surface area contributed by atoms with E-state index in [0.717, 1.165) is 23.2 Å². The van der Waals surface area contributed by atoms with Crippen molar-refractivity contribution < 1.29 is 9.21 Å². The Bertz CT molecular complexity index is 530. The van der Waals surface area contributed by atoms with Gasteiger partial charge in [-0.1, -0.05) is 39.0 Å². The molecule has 0 radical (unpaired) electrons. The largest absolute Gasteiger partial charge is 0.461 e. The van der Waals surface area contributed by atoms with Crippen LogP contribution in [0.2, 0.25) is 0 Å². The quantitative estimate of drug-likeness (QED) is 0.912. The Kier molecular flexibility index (Phi) is 3.93. The number of furan rings is 1. The molecule has 3 heteroatoms. The van der Waals surface area contributed by atoms with Crippen LogP contribution < -0.4 is 5.32 Å². The summed E-state index contributed by atoms with van der Waals surface area (Å²) in [5.74, 6) is 1.01. The van der Waals surface area contributed by atoms with E-state index in [9.17, 15) is 4.79 Å². The Morgan fingerprint density at radius 3 is 2.68 bits per heavy atom. The number of para-hydroxylation sites is 1. The van der Waals surface area contributed by atoms with E-state index in [4.69, 9.17) is 4.42 Å². The van der Waals surface area contributed by atoms with Crippen molar-refractivity contribution in [3.05, 3.63) is 36.1 Å². The average molecular weight is 259 g/mol. The smallest absolute Gasteiger partial charge is 0.220 e. The second-order valence-corrected chi connectivity index (χ2v) is 6.09. The van der Waals surface area contributed by atoms with Crippen molar-refractivity contribution in [2.24, 2.45) is 5.41 Å². The number of amides is 1. The molecule has 2 aromatic rings. The van der Waals surface area contributed by atoms with Crippen molar-refractivity contribution in [2.75, 3.05) is 6.54 Å². The normalized spacial score (nSPS) is 11.7. The number of hydrogen-bond donors (Lipinski definition) is 1. The molecule has 0 spiro atoms. The van der Waals surface area contributed by atoms with Crippen LogP contribution in [-0.2, 0) is 11.2 Å². The van der Waals surface area contributed by atoms with Crippen molar-refractivity contribution in [1.29, 1.82) is 0 Å². The van der Waals surface area contributed by atoms with E-state index < -0.39 is 0 Å². The van der Waals surface area contributed by atoms with E-state index in [-0.39, 0.29) is 11.3 Å². The SMILES string of the molecule is CC(C)(C)CC(=O)NCCc1cc2ccccc2o1. The van der Waals surface area contributed by atoms with Gasteiger partial charge in [-0.3, -0.25) is 4.79 Å². The Hall–Kier alpha value is -1.77. The number of rotatable bonds is 4. The van der Waals surface area contributed by atoms with Gasteiger partial charge in [0.05, 0.1) is 0 Å². The van der Waals surface area contributed by atoms with Gasteiger partial charge in [0, 0.05) is 24.8 Å². The van der Waals surface area contributed by atoms with Gasteiger partial charge in [-0.2, -0.15) is 0 Å². The maximum absolute atomic E-state index is 11.7. The van der Waals surface area contributed by atoms with Crippen LogP contribution in [-0.4, -0.2) is 12.5 Å². The molecule has 2 rings (SSSR count). The minimum Gasteiger partial charge on any atom is -0.461 e. The molecule has 1 aromatic carbocycles. The highest BCUT2D eigenvalue weighted by Gasteiger charge is 2.15. The van der Waals surface area contributed by atoms with E-state index in [1.165, 1.54) is 0 Å². The molecular formula is C16H21NO2. The fourth-order valence-electron chi connectivity index (χ4n) is 2.03. The third-order valence-electron chi connectivity index (χ3n) is 2.86. The molecule has 1 aromatic heterocycles. The summed E-state index contributed by atoms with van der Waals surface area (Å²) in [4.78, 5) is 11.7. The van der Waals surface area contributed by atoms with Gasteiger partial charge in [-0.15, -0.1) is 0 Å². The van der Waals surface area contributed by atoms with Gasteiger partial charge in [0.15, 0.2) is 0 Å². The van der Waals surface area contributed by atoms with Crippen LogP contribution in [0, 0.1) is 5.41 Å². The van der Waals surface area contributed by atoms with E-state index in [1.54, 1.807) is 0 Å². The second-order valence-electron chi connectivity index (χ2n) is 6.09. The molecule has 0 bridgehead atoms. The van der Waals surface area contributed by atoms with E-state index in [0.29, 0.717) is 13.0 Å². The molecule has 0 saturated heterocycles. The van der Waals surface area contributed by atoms with Crippen LogP contribution in [0.5, 0.6) is 0 Å². The zero-order valence-corrected chi connectivity index (χ0v) is 11.8. The second kappa shape index (κ2) is 5.47. The third kappa shape index (κ3) is 4.12. The molecule has 3 nitrogen and oxygen atoms in total. The predicted molar refractivity (Wildman–Crippen MR) is 77.0 cm³/mol. The van der Waals surface area contributed by atoms with Gasteiger partial charge in [0.1, 0.15) is 11.3 Å². The molecule has 0 fully saturated rings. The molecule has 0 saturated carbocycles. The van der Waals surface area contributed by atoms with Crippen molar-refractivity contribution >= 4 is 16.9 Å². The van der Waals surface area contributed by atoms with Gasteiger partial charge < -0.3 is 9.73 Å². The third-order valence-corrected chi connectivity index (χ3v) is 2.86. The number of hydrogen-bond acceptors (Lipinski definition) is 2. The molecule has 0 atom stereocenters. The first kappa shape index (κ1) is 13.7. The number of nitrogens with one attached hydrogen (secondary N) is 1. The molecule has 0 unspecified atom stereocenters. The standard InChI is InChI=1S/C16H21NO2/c1-16(2,3)11-15(18)17-9-8-13-10-12-6-4-5-7-14(12)19-13/h4-7,10H,8-9,11H2,1-3H3,(H,17,18). The molecule has 1 N–H and O–H groups in total. The maximum Gasteiger partial charge on any atom is 0.220 e. The summed E-state index contributed by atoms with van der Waals surface area (Å²) < 4.78 is 5.70. The minimum atomic E-state index is 0.0312. The molecular weight excluding hydrogens is 238 g/mol. The fourth-order valence-corrected chi connectivity index (χ4v) is 2.03. The summed E-state index contributed by atoms with van der Waals surface area (Å²) in [7, 11) is 0. The fraction of sp³-hybridized carbons (Fsp3) is 0.438. The highest BCUT2D eigenvalue weighted by molar-refractivity contribution is 5.78. The topological polar surface area (TPSA) is 42.2 Å². The van der Waals surface area contributed by atoms with Gasteiger partial charge in [0.2, 0.25) is 5.91 Å². The van der Waals surface area contributed by atoms with Crippen LogP contribution in [0.3, 0.4) is 0 Å². The van der Waals surface area contributed by atoms with Gasteiger partial charge in [-0.05, 0) is 17.5 Å². The number of benzene rings is 1. The Morgan fingerprint density at radius 2 is 2.00 bits per heavy atom. The molecule has 0 aliphatic carbocycles. The number of carbonyl (C=O) groups excluding carboxylic acids is 1. The average Bonchev–Trinajstić information content (AvgIpc) is 2.68. The molecule has 0 aliphatic rings. The monoisotopic (exact) mass is 259 g/mol. The lowest BCUT2D eigenvalue weighted by molar-refractivity contribution is -0.122. The predicted octanol–water partition coefficient (Wildman–Crippen LogP) is 3.53. The maximum atomic E-state index is 11.7. The van der Waals surface area contributed by atoms with Crippen molar-refractivity contribution in [3.63, 3.8) is 0 Å². The van der Waals surface area contributed by atoms with E-state index in [2.05, 4.69) is 26.1 Å². The Balaban J connectivity index is 1.84. The lowest BCUT2D eigenvalue weighted by atomic mass is 9.92. The van der Waals surface area contributed by atoms with Crippen LogP contribution in [0.15, 0.2) is 34.7 Å². The zero-order chi connectivity index (χ0) is 13.9. The number of fused-ring (bicyclic) bond motifs is 1. The van der Waals surface area contributed by atoms with Crippen LogP contribution >= 0.6 is 0 Å². The van der Waals surface area contributed by atoms with Crippen LogP contribution in [0.4, 0.5) is 0 Å². The summed E-state index contributed by atoms with van der Waals surface area (Å²) in [5.41, 5.74) is 0.933. The molecule has 1 heterocycles. The van der Waals surface area contributed by atoms with E-state index >= 15 is 0 Å². The Morgan fingerprint density at radius 1 is 1.26 bits per heavy atom. The van der Waals surface area contributed by atoms with E-state index in [1.807, 2.05) is 30.3 Å². The van der Waals surface area contributed by atoms with Crippen molar-refractivity contribution in [2.45, 2.75) is 33.6 Å².